The molecule has 1 heterocycles. The molecule has 0 fully saturated rings. The third-order valence-electron chi connectivity index (χ3n) is 3.91. The van der Waals surface area contributed by atoms with Crippen molar-refractivity contribution in [3.8, 4) is 5.75 Å². The first-order valence-corrected chi connectivity index (χ1v) is 7.99. The van der Waals surface area contributed by atoms with Crippen LogP contribution in [0, 0.1) is 12.8 Å². The van der Waals surface area contributed by atoms with E-state index in [1.54, 1.807) is 30.3 Å². The summed E-state index contributed by atoms with van der Waals surface area (Å²) in [4.78, 5) is 24.3. The van der Waals surface area contributed by atoms with Crippen molar-refractivity contribution in [2.75, 3.05) is 6.61 Å². The van der Waals surface area contributed by atoms with Crippen molar-refractivity contribution in [3.05, 3.63) is 64.2 Å². The fourth-order valence-corrected chi connectivity index (χ4v) is 2.72. The molecule has 0 bridgehead atoms. The number of hydrogen-bond acceptors (Lipinski definition) is 3. The number of hydrogen-bond donors (Lipinski definition) is 2. The first-order valence-electron chi connectivity index (χ1n) is 7.61. The summed E-state index contributed by atoms with van der Waals surface area (Å²) < 4.78 is 5.58. The molecular formula is C18H17ClN2O3. The Hall–Kier alpha value is -2.53. The van der Waals surface area contributed by atoms with Gasteiger partial charge >= 0.3 is 0 Å². The molecule has 0 aromatic heterocycles. The van der Waals surface area contributed by atoms with Crippen LogP contribution in [0.4, 0.5) is 0 Å². The highest BCUT2D eigenvalue weighted by atomic mass is 35.5. The summed E-state index contributed by atoms with van der Waals surface area (Å²) >= 11 is 5.97. The van der Waals surface area contributed by atoms with Gasteiger partial charge in [-0.25, -0.2) is 0 Å². The number of hydrazine groups is 1. The van der Waals surface area contributed by atoms with Crippen LogP contribution in [0.3, 0.4) is 0 Å². The van der Waals surface area contributed by atoms with E-state index in [0.717, 1.165) is 16.9 Å². The lowest BCUT2D eigenvalue weighted by atomic mass is 9.96. The van der Waals surface area contributed by atoms with Crippen molar-refractivity contribution in [1.82, 2.24) is 10.9 Å². The van der Waals surface area contributed by atoms with E-state index in [2.05, 4.69) is 10.9 Å². The maximum atomic E-state index is 12.2. The molecule has 1 aliphatic rings. The minimum Gasteiger partial charge on any atom is -0.492 e. The number of amides is 2. The van der Waals surface area contributed by atoms with E-state index in [9.17, 15) is 9.59 Å². The molecule has 0 radical (unpaired) electrons. The number of aryl methyl sites for hydroxylation is 1. The maximum absolute atomic E-state index is 12.2. The number of ether oxygens (including phenoxy) is 1. The zero-order valence-electron chi connectivity index (χ0n) is 13.1. The Balaban J connectivity index is 1.58. The molecule has 1 aliphatic heterocycles. The summed E-state index contributed by atoms with van der Waals surface area (Å²) in [5.74, 6) is -0.286. The van der Waals surface area contributed by atoms with Gasteiger partial charge in [-0.1, -0.05) is 29.3 Å². The summed E-state index contributed by atoms with van der Waals surface area (Å²) in [6, 6.07) is 12.4. The van der Waals surface area contributed by atoms with Crippen LogP contribution in [-0.4, -0.2) is 18.4 Å². The van der Waals surface area contributed by atoms with Crippen LogP contribution >= 0.6 is 11.6 Å². The van der Waals surface area contributed by atoms with Crippen LogP contribution < -0.4 is 15.6 Å². The summed E-state index contributed by atoms with van der Waals surface area (Å²) in [5, 5.41) is 0.603. The van der Waals surface area contributed by atoms with Gasteiger partial charge in [0.15, 0.2) is 0 Å². The highest BCUT2D eigenvalue weighted by Crippen LogP contribution is 2.29. The second kappa shape index (κ2) is 6.93. The highest BCUT2D eigenvalue weighted by Gasteiger charge is 2.26. The molecule has 124 valence electrons. The summed E-state index contributed by atoms with van der Waals surface area (Å²) in [5.41, 5.74) is 7.32. The molecule has 0 saturated carbocycles. The molecule has 0 aliphatic carbocycles. The number of rotatable bonds is 2. The third-order valence-corrected chi connectivity index (χ3v) is 4.15. The second-order valence-corrected chi connectivity index (χ2v) is 6.21. The smallest absolute Gasteiger partial charge is 0.269 e. The zero-order valence-corrected chi connectivity index (χ0v) is 13.9. The lowest BCUT2D eigenvalue weighted by Crippen LogP contribution is -2.47. The molecule has 0 saturated heterocycles. The largest absolute Gasteiger partial charge is 0.492 e. The van der Waals surface area contributed by atoms with Crippen molar-refractivity contribution in [2.45, 2.75) is 13.3 Å². The number of halogens is 1. The van der Waals surface area contributed by atoms with Gasteiger partial charge in [0.25, 0.3) is 5.91 Å². The van der Waals surface area contributed by atoms with Crippen molar-refractivity contribution in [3.63, 3.8) is 0 Å². The van der Waals surface area contributed by atoms with E-state index < -0.39 is 0 Å². The van der Waals surface area contributed by atoms with Crippen LogP contribution in [0.5, 0.6) is 5.75 Å². The number of fused-ring (bicyclic) bond motifs is 1. The Morgan fingerprint density at radius 2 is 1.88 bits per heavy atom. The number of benzene rings is 2. The molecule has 2 N–H and O–H groups in total. The predicted octanol–water partition coefficient (Wildman–Crippen LogP) is 2.66. The van der Waals surface area contributed by atoms with Gasteiger partial charge in [0, 0.05) is 10.6 Å². The SMILES string of the molecule is Cc1ccc(C(=O)NNC(=O)[C@H]2COc3ccc(Cl)cc3C2)cc1. The van der Waals surface area contributed by atoms with Crippen molar-refractivity contribution < 1.29 is 14.3 Å². The highest BCUT2D eigenvalue weighted by molar-refractivity contribution is 6.30. The second-order valence-electron chi connectivity index (χ2n) is 5.77. The zero-order chi connectivity index (χ0) is 17.1. The van der Waals surface area contributed by atoms with Crippen molar-refractivity contribution in [1.29, 1.82) is 0 Å². The average molecular weight is 345 g/mol. The number of carbonyl (C=O) groups excluding carboxylic acids is 2. The Kier molecular flexibility index (Phi) is 4.71. The van der Waals surface area contributed by atoms with Gasteiger partial charge in [0.05, 0.1) is 5.92 Å². The molecule has 2 amide bonds. The summed E-state index contributed by atoms with van der Waals surface area (Å²) in [7, 11) is 0. The van der Waals surface area contributed by atoms with Crippen LogP contribution in [0.1, 0.15) is 21.5 Å². The van der Waals surface area contributed by atoms with Crippen LogP contribution in [-0.2, 0) is 11.2 Å². The minimum atomic E-state index is -0.380. The fourth-order valence-electron chi connectivity index (χ4n) is 2.53. The average Bonchev–Trinajstić information content (AvgIpc) is 2.59. The van der Waals surface area contributed by atoms with E-state index in [-0.39, 0.29) is 24.3 Å². The molecule has 0 unspecified atom stereocenters. The topological polar surface area (TPSA) is 67.4 Å². The van der Waals surface area contributed by atoms with Crippen LogP contribution in [0.15, 0.2) is 42.5 Å². The van der Waals surface area contributed by atoms with E-state index in [1.807, 2.05) is 19.1 Å². The minimum absolute atomic E-state index is 0.265. The standard InChI is InChI=1S/C18H17ClN2O3/c1-11-2-4-12(5-3-11)17(22)20-21-18(23)14-8-13-9-15(19)6-7-16(13)24-10-14/h2-7,9,14H,8,10H2,1H3,(H,20,22)(H,21,23)/t14-/m1/s1. The first-order chi connectivity index (χ1) is 11.5. The fraction of sp³-hybridized carbons (Fsp3) is 0.222. The quantitative estimate of drug-likeness (QED) is 0.823. The Bertz CT molecular complexity index is 774. The lowest BCUT2D eigenvalue weighted by Gasteiger charge is -2.24. The van der Waals surface area contributed by atoms with E-state index in [4.69, 9.17) is 16.3 Å². The van der Waals surface area contributed by atoms with Gasteiger partial charge in [-0.3, -0.25) is 20.4 Å². The third kappa shape index (κ3) is 3.68. The monoisotopic (exact) mass is 344 g/mol. The summed E-state index contributed by atoms with van der Waals surface area (Å²) in [6.45, 7) is 2.21. The molecule has 2 aromatic carbocycles. The summed E-state index contributed by atoms with van der Waals surface area (Å²) in [6.07, 6.45) is 0.516. The van der Waals surface area contributed by atoms with E-state index in [1.165, 1.54) is 0 Å². The molecule has 24 heavy (non-hydrogen) atoms. The molecular weight excluding hydrogens is 328 g/mol. The molecule has 6 heteroatoms. The maximum Gasteiger partial charge on any atom is 0.269 e. The Morgan fingerprint density at radius 3 is 2.62 bits per heavy atom. The van der Waals surface area contributed by atoms with E-state index >= 15 is 0 Å². The Morgan fingerprint density at radius 1 is 1.12 bits per heavy atom. The van der Waals surface area contributed by atoms with Gasteiger partial charge in [0.2, 0.25) is 5.91 Å². The van der Waals surface area contributed by atoms with E-state index in [0.29, 0.717) is 17.0 Å². The number of nitrogens with one attached hydrogen (secondary N) is 2. The molecule has 3 rings (SSSR count). The first kappa shape index (κ1) is 16.3. The molecule has 5 nitrogen and oxygen atoms in total. The normalized spacial score (nSPS) is 15.8. The molecule has 1 atom stereocenters. The van der Waals surface area contributed by atoms with Crippen molar-refractivity contribution >= 4 is 23.4 Å². The predicted molar refractivity (Wildman–Crippen MR) is 90.9 cm³/mol. The Labute approximate surface area is 144 Å². The van der Waals surface area contributed by atoms with Crippen LogP contribution in [0.25, 0.3) is 0 Å². The van der Waals surface area contributed by atoms with Gasteiger partial charge in [0.1, 0.15) is 12.4 Å². The van der Waals surface area contributed by atoms with Crippen LogP contribution in [0.2, 0.25) is 5.02 Å². The lowest BCUT2D eigenvalue weighted by molar-refractivity contribution is -0.127. The van der Waals surface area contributed by atoms with Gasteiger partial charge in [-0.15, -0.1) is 0 Å². The molecule has 2 aromatic rings. The molecule has 0 spiro atoms. The van der Waals surface area contributed by atoms with Gasteiger partial charge < -0.3 is 4.74 Å². The van der Waals surface area contributed by atoms with Crippen molar-refractivity contribution in [2.24, 2.45) is 5.92 Å². The number of carbonyl (C=O) groups is 2. The van der Waals surface area contributed by atoms with Gasteiger partial charge in [-0.2, -0.15) is 0 Å². The van der Waals surface area contributed by atoms with Gasteiger partial charge in [-0.05, 0) is 49.2 Å².